The van der Waals surface area contributed by atoms with Crippen molar-refractivity contribution < 1.29 is 4.43 Å². The molecule has 0 radical (unpaired) electrons. The normalized spacial score (nSPS) is 35.3. The minimum Gasteiger partial charge on any atom is -0.410 e. The van der Waals surface area contributed by atoms with Crippen LogP contribution in [0.15, 0.2) is 12.2 Å². The van der Waals surface area contributed by atoms with E-state index in [9.17, 15) is 0 Å². The molecular weight excluding hydrogens is 236 g/mol. The Bertz CT molecular complexity index is 362. The van der Waals surface area contributed by atoms with E-state index in [1.165, 1.54) is 18.4 Å². The molecule has 0 amide bonds. The van der Waals surface area contributed by atoms with Gasteiger partial charge in [-0.3, -0.25) is 0 Å². The second kappa shape index (κ2) is 3.96. The van der Waals surface area contributed by atoms with Crippen molar-refractivity contribution in [3.8, 4) is 0 Å². The van der Waals surface area contributed by atoms with Crippen molar-refractivity contribution in [3.63, 3.8) is 0 Å². The van der Waals surface area contributed by atoms with Crippen LogP contribution in [0.1, 0.15) is 47.5 Å². The predicted octanol–water partition coefficient (Wildman–Crippen LogP) is 5.00. The summed E-state index contributed by atoms with van der Waals surface area (Å²) in [4.78, 5) is 0. The fourth-order valence-electron chi connectivity index (χ4n) is 3.21. The molecule has 2 heteroatoms. The van der Waals surface area contributed by atoms with E-state index in [4.69, 9.17) is 4.43 Å². The quantitative estimate of drug-likeness (QED) is 0.505. The predicted molar refractivity (Wildman–Crippen MR) is 81.2 cm³/mol. The molecule has 0 heterocycles. The summed E-state index contributed by atoms with van der Waals surface area (Å²) in [5.74, 6) is 1.75. The van der Waals surface area contributed by atoms with Gasteiger partial charge in [0.05, 0.1) is 6.10 Å². The van der Waals surface area contributed by atoms with Crippen LogP contribution in [0.3, 0.4) is 0 Å². The van der Waals surface area contributed by atoms with Crippen LogP contribution in [0.25, 0.3) is 0 Å². The molecule has 3 atom stereocenters. The summed E-state index contributed by atoms with van der Waals surface area (Å²) in [6.45, 7) is 20.8. The average molecular weight is 267 g/mol. The minimum atomic E-state index is -1.65. The van der Waals surface area contributed by atoms with Crippen molar-refractivity contribution in [2.24, 2.45) is 17.3 Å². The molecule has 0 unspecified atom stereocenters. The van der Waals surface area contributed by atoms with Gasteiger partial charge in [0.15, 0.2) is 8.32 Å². The highest BCUT2D eigenvalue weighted by molar-refractivity contribution is 6.74. The molecule has 2 fully saturated rings. The Labute approximate surface area is 114 Å². The zero-order valence-electron chi connectivity index (χ0n) is 13.3. The van der Waals surface area contributed by atoms with Gasteiger partial charge in [0.2, 0.25) is 0 Å². The molecule has 2 aliphatic carbocycles. The lowest BCUT2D eigenvalue weighted by molar-refractivity contribution is 0.177. The van der Waals surface area contributed by atoms with Crippen molar-refractivity contribution in [2.75, 3.05) is 0 Å². The zero-order valence-corrected chi connectivity index (χ0v) is 14.3. The Balaban J connectivity index is 2.05. The van der Waals surface area contributed by atoms with Gasteiger partial charge >= 0.3 is 0 Å². The molecular formula is C16H30OSi. The third-order valence-electron chi connectivity index (χ3n) is 5.94. The fourth-order valence-corrected chi connectivity index (χ4v) is 4.53. The van der Waals surface area contributed by atoms with E-state index in [2.05, 4.69) is 54.3 Å². The lowest BCUT2D eigenvalue weighted by Crippen LogP contribution is -2.45. The molecule has 0 aromatic rings. The van der Waals surface area contributed by atoms with E-state index in [0.29, 0.717) is 16.6 Å². The van der Waals surface area contributed by atoms with E-state index in [1.807, 2.05) is 0 Å². The maximum absolute atomic E-state index is 6.59. The topological polar surface area (TPSA) is 9.23 Å². The second-order valence-electron chi connectivity index (χ2n) is 8.50. The van der Waals surface area contributed by atoms with Gasteiger partial charge in [0, 0.05) is 0 Å². The number of fused-ring (bicyclic) bond motifs is 1. The smallest absolute Gasteiger partial charge is 0.192 e. The van der Waals surface area contributed by atoms with E-state index in [0.717, 1.165) is 11.8 Å². The first kappa shape index (κ1) is 14.3. The van der Waals surface area contributed by atoms with Gasteiger partial charge in [-0.25, -0.2) is 0 Å². The van der Waals surface area contributed by atoms with Gasteiger partial charge in [0.1, 0.15) is 0 Å². The molecule has 0 bridgehead atoms. The average Bonchev–Trinajstić information content (AvgIpc) is 2.67. The maximum atomic E-state index is 6.59. The van der Waals surface area contributed by atoms with Crippen LogP contribution < -0.4 is 0 Å². The third-order valence-corrected chi connectivity index (χ3v) is 10.4. The standard InChI is InChI=1S/C16H30OSi/c1-11-9-12-13(16(12,5)6)10-14(11)17-18(7,8)15(2,3)4/h12-14H,1,9-10H2,2-8H3/t12-,13+,14+/m0/s1. The number of rotatable bonds is 2. The summed E-state index contributed by atoms with van der Waals surface area (Å²) in [6.07, 6.45) is 2.73. The molecule has 2 rings (SSSR count). The Morgan fingerprint density at radius 2 is 1.78 bits per heavy atom. The summed E-state index contributed by atoms with van der Waals surface area (Å²) < 4.78 is 6.59. The molecule has 2 aliphatic rings. The molecule has 0 saturated heterocycles. The molecule has 0 aromatic heterocycles. The van der Waals surface area contributed by atoms with Crippen LogP contribution in [0.2, 0.25) is 18.1 Å². The molecule has 0 aliphatic heterocycles. The van der Waals surface area contributed by atoms with Gasteiger partial charge in [-0.05, 0) is 53.8 Å². The zero-order chi connectivity index (χ0) is 13.9. The van der Waals surface area contributed by atoms with Gasteiger partial charge in [-0.2, -0.15) is 0 Å². The van der Waals surface area contributed by atoms with Crippen LogP contribution >= 0.6 is 0 Å². The largest absolute Gasteiger partial charge is 0.410 e. The minimum absolute atomic E-state index is 0.295. The third kappa shape index (κ3) is 2.22. The molecule has 0 N–H and O–H groups in total. The molecule has 1 nitrogen and oxygen atoms in total. The molecule has 0 aromatic carbocycles. The number of hydrogen-bond donors (Lipinski definition) is 0. The first-order valence-electron chi connectivity index (χ1n) is 7.32. The second-order valence-corrected chi connectivity index (χ2v) is 13.3. The van der Waals surface area contributed by atoms with E-state index in [-0.39, 0.29) is 0 Å². The summed E-state index contributed by atoms with van der Waals surface area (Å²) in [7, 11) is -1.65. The van der Waals surface area contributed by atoms with E-state index < -0.39 is 8.32 Å². The molecule has 0 spiro atoms. The SMILES string of the molecule is C=C1C[C@H]2[C@@H](C[C@H]1O[Si](C)(C)C(C)(C)C)C2(C)C. The Morgan fingerprint density at radius 1 is 1.22 bits per heavy atom. The first-order valence-corrected chi connectivity index (χ1v) is 10.2. The Morgan fingerprint density at radius 3 is 2.28 bits per heavy atom. The fraction of sp³-hybridized carbons (Fsp3) is 0.875. The van der Waals surface area contributed by atoms with Gasteiger partial charge in [0.25, 0.3) is 0 Å². The van der Waals surface area contributed by atoms with Crippen molar-refractivity contribution in [1.82, 2.24) is 0 Å². The van der Waals surface area contributed by atoms with Crippen LogP contribution in [-0.4, -0.2) is 14.4 Å². The van der Waals surface area contributed by atoms with Crippen LogP contribution in [0, 0.1) is 17.3 Å². The molecule has 18 heavy (non-hydrogen) atoms. The summed E-state index contributed by atoms with van der Waals surface area (Å²) in [5, 5.41) is 0.295. The summed E-state index contributed by atoms with van der Waals surface area (Å²) >= 11 is 0. The highest BCUT2D eigenvalue weighted by atomic mass is 28.4. The van der Waals surface area contributed by atoms with Crippen molar-refractivity contribution >= 4 is 8.32 Å². The molecule has 104 valence electrons. The highest BCUT2D eigenvalue weighted by Crippen LogP contribution is 2.66. The number of hydrogen-bond acceptors (Lipinski definition) is 1. The highest BCUT2D eigenvalue weighted by Gasteiger charge is 2.60. The van der Waals surface area contributed by atoms with Gasteiger partial charge in [-0.1, -0.05) is 41.2 Å². The van der Waals surface area contributed by atoms with E-state index in [1.54, 1.807) is 0 Å². The van der Waals surface area contributed by atoms with Crippen LogP contribution in [-0.2, 0) is 4.43 Å². The van der Waals surface area contributed by atoms with Crippen LogP contribution in [0.5, 0.6) is 0 Å². The monoisotopic (exact) mass is 266 g/mol. The van der Waals surface area contributed by atoms with E-state index >= 15 is 0 Å². The summed E-state index contributed by atoms with van der Waals surface area (Å²) in [6, 6.07) is 0. The Kier molecular flexibility index (Phi) is 3.15. The van der Waals surface area contributed by atoms with Crippen molar-refractivity contribution in [1.29, 1.82) is 0 Å². The molecule has 2 saturated carbocycles. The van der Waals surface area contributed by atoms with Gasteiger partial charge in [-0.15, -0.1) is 0 Å². The van der Waals surface area contributed by atoms with Crippen LogP contribution in [0.4, 0.5) is 0 Å². The first-order chi connectivity index (χ1) is 7.97. The lowest BCUT2D eigenvalue weighted by atomic mass is 9.94. The lowest BCUT2D eigenvalue weighted by Gasteiger charge is -2.40. The van der Waals surface area contributed by atoms with Crippen molar-refractivity contribution in [3.05, 3.63) is 12.2 Å². The van der Waals surface area contributed by atoms with Crippen molar-refractivity contribution in [2.45, 2.75) is 71.7 Å². The van der Waals surface area contributed by atoms with Gasteiger partial charge < -0.3 is 4.43 Å². The maximum Gasteiger partial charge on any atom is 0.192 e. The Hall–Kier alpha value is -0.0831. The summed E-state index contributed by atoms with van der Waals surface area (Å²) in [5.41, 5.74) is 1.89.